The zero-order valence-corrected chi connectivity index (χ0v) is 21.8. The Morgan fingerprint density at radius 1 is 1.24 bits per heavy atom. The third-order valence-corrected chi connectivity index (χ3v) is 5.58. The number of hydrogen-bond acceptors (Lipinski definition) is 4. The SMILES string of the molecule is C/C(=C\C=C/C(C)Br)NS(=O)c1ccc(Oc2ccc([N+](=O)[O-])cc2C(F)(F)F)c(Cl)c1.CC. The van der Waals surface area contributed by atoms with Crippen LogP contribution in [0.3, 0.4) is 0 Å². The van der Waals surface area contributed by atoms with E-state index in [1.165, 1.54) is 18.2 Å². The second kappa shape index (κ2) is 13.5. The molecule has 0 saturated carbocycles. The first-order valence-electron chi connectivity index (χ1n) is 9.89. The van der Waals surface area contributed by atoms with Gasteiger partial charge in [-0.05, 0) is 44.2 Å². The fourth-order valence-electron chi connectivity index (χ4n) is 2.33. The molecule has 1 N–H and O–H groups in total. The van der Waals surface area contributed by atoms with E-state index < -0.39 is 39.1 Å². The number of rotatable bonds is 8. The predicted molar refractivity (Wildman–Crippen MR) is 132 cm³/mol. The van der Waals surface area contributed by atoms with Crippen LogP contribution in [0.5, 0.6) is 11.5 Å². The van der Waals surface area contributed by atoms with Crippen LogP contribution < -0.4 is 9.46 Å². The van der Waals surface area contributed by atoms with E-state index in [-0.39, 0.29) is 20.5 Å². The summed E-state index contributed by atoms with van der Waals surface area (Å²) in [7, 11) is -1.68. The molecule has 0 fully saturated rings. The van der Waals surface area contributed by atoms with E-state index in [9.17, 15) is 27.5 Å². The molecule has 0 heterocycles. The third kappa shape index (κ3) is 9.11. The van der Waals surface area contributed by atoms with Crippen molar-refractivity contribution in [2.24, 2.45) is 0 Å². The minimum atomic E-state index is -4.88. The van der Waals surface area contributed by atoms with Crippen LogP contribution in [-0.4, -0.2) is 14.0 Å². The van der Waals surface area contributed by atoms with Gasteiger partial charge in [0, 0.05) is 22.7 Å². The molecule has 34 heavy (non-hydrogen) atoms. The van der Waals surface area contributed by atoms with Gasteiger partial charge in [-0.2, -0.15) is 13.2 Å². The molecule has 0 radical (unpaired) electrons. The van der Waals surface area contributed by atoms with Crippen LogP contribution >= 0.6 is 27.5 Å². The standard InChI is InChI=1S/C20H17BrClF3N2O4S.C2H6/c1-12(21)4-3-5-13(2)26-32(30)15-7-9-19(17(22)11-15)31-18-8-6-14(27(28)29)10-16(18)20(23,24)25;1-2/h3-12,26H,1-2H3;1-2H3/b4-3-,13-5+;. The second-order valence-corrected chi connectivity index (χ2v) is 9.48. The smallest absolute Gasteiger partial charge is 0.420 e. The second-order valence-electron chi connectivity index (χ2n) is 6.41. The highest BCUT2D eigenvalue weighted by Crippen LogP contribution is 2.41. The van der Waals surface area contributed by atoms with Crippen LogP contribution in [0.25, 0.3) is 0 Å². The molecule has 2 aromatic rings. The molecule has 0 aliphatic heterocycles. The summed E-state index contributed by atoms with van der Waals surface area (Å²) >= 11 is 9.48. The van der Waals surface area contributed by atoms with E-state index in [1.54, 1.807) is 19.1 Å². The summed E-state index contributed by atoms with van der Waals surface area (Å²) in [4.78, 5) is 10.3. The highest BCUT2D eigenvalue weighted by Gasteiger charge is 2.36. The van der Waals surface area contributed by atoms with Crippen molar-refractivity contribution in [3.8, 4) is 11.5 Å². The molecule has 2 rings (SSSR count). The van der Waals surface area contributed by atoms with Crippen LogP contribution in [-0.2, 0) is 17.2 Å². The van der Waals surface area contributed by atoms with Crippen LogP contribution in [0.15, 0.2) is 65.2 Å². The van der Waals surface area contributed by atoms with Gasteiger partial charge >= 0.3 is 6.18 Å². The molecule has 2 unspecified atom stereocenters. The number of non-ortho nitro benzene ring substituents is 1. The topological polar surface area (TPSA) is 81.5 Å². The van der Waals surface area contributed by atoms with Crippen molar-refractivity contribution in [3.63, 3.8) is 0 Å². The van der Waals surface area contributed by atoms with E-state index in [1.807, 2.05) is 26.8 Å². The van der Waals surface area contributed by atoms with Crippen molar-refractivity contribution in [2.45, 2.75) is 43.6 Å². The Balaban J connectivity index is 0.00000281. The molecule has 186 valence electrons. The van der Waals surface area contributed by atoms with E-state index >= 15 is 0 Å². The van der Waals surface area contributed by atoms with Gasteiger partial charge in [-0.3, -0.25) is 10.1 Å². The average molecular weight is 584 g/mol. The number of nitro benzene ring substituents is 1. The third-order valence-electron chi connectivity index (χ3n) is 3.79. The molecule has 2 aromatic carbocycles. The lowest BCUT2D eigenvalue weighted by molar-refractivity contribution is -0.385. The summed E-state index contributed by atoms with van der Waals surface area (Å²) in [5.74, 6) is -0.781. The first kappa shape index (κ1) is 29.7. The van der Waals surface area contributed by atoms with Gasteiger partial charge in [-0.1, -0.05) is 53.5 Å². The summed E-state index contributed by atoms with van der Waals surface area (Å²) < 4.78 is 60.5. The molecule has 12 heteroatoms. The Kier molecular flexibility index (Phi) is 11.8. The van der Waals surface area contributed by atoms with Gasteiger partial charge in [0.25, 0.3) is 5.69 Å². The Hall–Kier alpha value is -2.37. The van der Waals surface area contributed by atoms with Gasteiger partial charge in [-0.25, -0.2) is 4.21 Å². The van der Waals surface area contributed by atoms with Gasteiger partial charge in [0.05, 0.1) is 14.8 Å². The van der Waals surface area contributed by atoms with Crippen molar-refractivity contribution < 1.29 is 27.0 Å². The van der Waals surface area contributed by atoms with E-state index in [2.05, 4.69) is 20.7 Å². The first-order chi connectivity index (χ1) is 15.9. The molecule has 0 aliphatic rings. The molecule has 6 nitrogen and oxygen atoms in total. The lowest BCUT2D eigenvalue weighted by Gasteiger charge is -2.15. The van der Waals surface area contributed by atoms with Crippen molar-refractivity contribution in [3.05, 3.63) is 81.0 Å². The van der Waals surface area contributed by atoms with Gasteiger partial charge in [0.1, 0.15) is 28.0 Å². The summed E-state index contributed by atoms with van der Waals surface area (Å²) in [6.45, 7) is 7.65. The number of alkyl halides is 4. The Morgan fingerprint density at radius 2 is 1.85 bits per heavy atom. The number of nitrogens with zero attached hydrogens (tertiary/aromatic N) is 1. The zero-order chi connectivity index (χ0) is 26.1. The summed E-state index contributed by atoms with van der Waals surface area (Å²) in [6, 6.07) is 6.07. The maximum absolute atomic E-state index is 13.3. The van der Waals surface area contributed by atoms with Crippen LogP contribution in [0.4, 0.5) is 18.9 Å². The van der Waals surface area contributed by atoms with Gasteiger partial charge < -0.3 is 9.46 Å². The highest BCUT2D eigenvalue weighted by molar-refractivity contribution is 9.09. The maximum Gasteiger partial charge on any atom is 0.420 e. The summed E-state index contributed by atoms with van der Waals surface area (Å²) in [6.07, 6.45) is 0.502. The molecule has 2 atom stereocenters. The molecule has 0 aliphatic carbocycles. The van der Waals surface area contributed by atoms with Gasteiger partial charge in [0.15, 0.2) is 0 Å². The van der Waals surface area contributed by atoms with Crippen molar-refractivity contribution in [1.82, 2.24) is 4.72 Å². The Bertz CT molecular complexity index is 1090. The number of allylic oxidation sites excluding steroid dienone is 4. The number of nitrogens with one attached hydrogen (secondary N) is 1. The molecule has 0 bridgehead atoms. The molecule has 0 aromatic heterocycles. The van der Waals surface area contributed by atoms with Gasteiger partial charge in [-0.15, -0.1) is 0 Å². The van der Waals surface area contributed by atoms with Crippen LogP contribution in [0, 0.1) is 10.1 Å². The number of benzene rings is 2. The number of ether oxygens (including phenoxy) is 1. The molecule has 0 amide bonds. The normalized spacial score (nSPS) is 13.6. The largest absolute Gasteiger partial charge is 0.455 e. The van der Waals surface area contributed by atoms with Gasteiger partial charge in [0.2, 0.25) is 0 Å². The van der Waals surface area contributed by atoms with Crippen LogP contribution in [0.1, 0.15) is 33.3 Å². The predicted octanol–water partition coefficient (Wildman–Crippen LogP) is 7.94. The maximum atomic E-state index is 13.3. The van der Waals surface area contributed by atoms with E-state index in [0.717, 1.165) is 12.1 Å². The van der Waals surface area contributed by atoms with Crippen LogP contribution in [0.2, 0.25) is 5.02 Å². The lowest BCUT2D eigenvalue weighted by atomic mass is 10.1. The fraction of sp³-hybridized carbons (Fsp3) is 0.273. The minimum absolute atomic E-state index is 0.0845. The average Bonchev–Trinajstić information content (AvgIpc) is 2.75. The number of halogens is 5. The molecular formula is C22H23BrClF3N2O4S. The summed E-state index contributed by atoms with van der Waals surface area (Å²) in [5.41, 5.74) is -1.43. The number of nitro groups is 1. The molecule has 0 saturated heterocycles. The first-order valence-corrected chi connectivity index (χ1v) is 12.3. The Morgan fingerprint density at radius 3 is 2.38 bits per heavy atom. The number of hydrogen-bond donors (Lipinski definition) is 1. The van der Waals surface area contributed by atoms with Crippen molar-refractivity contribution >= 4 is 44.2 Å². The zero-order valence-electron chi connectivity index (χ0n) is 18.7. The van der Waals surface area contributed by atoms with Crippen molar-refractivity contribution in [1.29, 1.82) is 0 Å². The lowest BCUT2D eigenvalue weighted by Crippen LogP contribution is -2.14. The molecule has 0 spiro atoms. The Labute approximate surface area is 211 Å². The highest BCUT2D eigenvalue weighted by atomic mass is 79.9. The van der Waals surface area contributed by atoms with E-state index in [0.29, 0.717) is 11.8 Å². The minimum Gasteiger partial charge on any atom is -0.455 e. The monoisotopic (exact) mass is 582 g/mol. The summed E-state index contributed by atoms with van der Waals surface area (Å²) in [5, 5.41) is 10.7. The quantitative estimate of drug-likeness (QED) is 0.148. The van der Waals surface area contributed by atoms with E-state index in [4.69, 9.17) is 16.3 Å². The van der Waals surface area contributed by atoms with Crippen molar-refractivity contribution in [2.75, 3.05) is 0 Å². The molecular weight excluding hydrogens is 561 g/mol. The fourth-order valence-corrected chi connectivity index (χ4v) is 3.69.